The second kappa shape index (κ2) is 4.13. The van der Waals surface area contributed by atoms with Crippen LogP contribution in [-0.4, -0.2) is 23.3 Å². The molecule has 0 aliphatic heterocycles. The summed E-state index contributed by atoms with van der Waals surface area (Å²) in [6.07, 6.45) is 0. The van der Waals surface area contributed by atoms with Gasteiger partial charge in [-0.25, -0.2) is 4.18 Å². The summed E-state index contributed by atoms with van der Waals surface area (Å²) in [6.45, 7) is 0. The first-order chi connectivity index (χ1) is 6.21. The molecule has 0 amide bonds. The quantitative estimate of drug-likeness (QED) is 0.336. The van der Waals surface area contributed by atoms with Gasteiger partial charge in [-0.15, -0.1) is 0 Å². The molecule has 0 saturated heterocycles. The molecule has 0 bridgehead atoms. The molecule has 12 heteroatoms. The van der Waals surface area contributed by atoms with E-state index in [1.54, 1.807) is 0 Å². The van der Waals surface area contributed by atoms with Crippen molar-refractivity contribution in [3.8, 4) is 0 Å². The monoisotopic (exact) mass is 360 g/mol. The van der Waals surface area contributed by atoms with Gasteiger partial charge in [0.15, 0.2) is 0 Å². The molecule has 0 radical (unpaired) electrons. The van der Waals surface area contributed by atoms with Crippen LogP contribution in [0.25, 0.3) is 0 Å². The van der Waals surface area contributed by atoms with Gasteiger partial charge in [-0.3, -0.25) is 0 Å². The number of hydrogen-bond donors (Lipinski definition) is 0. The van der Waals surface area contributed by atoms with Crippen molar-refractivity contribution in [3.63, 3.8) is 0 Å². The zero-order valence-corrected chi connectivity index (χ0v) is 10.1. The van der Waals surface area contributed by atoms with Gasteiger partial charge in [0.2, 0.25) is 0 Å². The average Bonchev–Trinajstić information content (AvgIpc) is 1.77. The fraction of sp³-hybridized carbons (Fsp3) is 1.00. The number of rotatable bonds is 3. The zero-order chi connectivity index (χ0) is 12.7. The molecule has 0 rings (SSSR count). The smallest absolute Gasteiger partial charge is 0.216 e. The van der Waals surface area contributed by atoms with Crippen molar-refractivity contribution in [2.24, 2.45) is 0 Å². The summed E-state index contributed by atoms with van der Waals surface area (Å²) in [6, 6.07) is 0. The highest BCUT2D eigenvalue weighted by molar-refractivity contribution is 9.10. The summed E-state index contributed by atoms with van der Waals surface area (Å²) in [5.74, 6) is 0. The molecule has 0 atom stereocenters. The molecule has 0 fully saturated rings. The standard InChI is InChI=1S/C3BrCl2F5O3S/c4-1(7,8)2(5,6)14-15(12,13)3(9,10)11. The summed E-state index contributed by atoms with van der Waals surface area (Å²) in [4.78, 5) is -4.39. The highest BCUT2D eigenvalue weighted by atomic mass is 79.9. The van der Waals surface area contributed by atoms with E-state index in [2.05, 4.69) is 27.4 Å². The van der Waals surface area contributed by atoms with Crippen molar-refractivity contribution >= 4 is 49.2 Å². The predicted molar refractivity (Wildman–Crippen MR) is 44.4 cm³/mol. The fourth-order valence-corrected chi connectivity index (χ4v) is 1.39. The zero-order valence-electron chi connectivity index (χ0n) is 6.16. The van der Waals surface area contributed by atoms with Crippen LogP contribution in [-0.2, 0) is 14.3 Å². The summed E-state index contributed by atoms with van der Waals surface area (Å²) in [5, 5.41) is 0. The van der Waals surface area contributed by atoms with Crippen LogP contribution in [0, 0.1) is 0 Å². The Labute approximate surface area is 98.7 Å². The largest absolute Gasteiger partial charge is 0.523 e. The van der Waals surface area contributed by atoms with Gasteiger partial charge in [0.05, 0.1) is 0 Å². The van der Waals surface area contributed by atoms with Gasteiger partial charge < -0.3 is 0 Å². The summed E-state index contributed by atoms with van der Waals surface area (Å²) < 4.78 is 79.1. The molecule has 15 heavy (non-hydrogen) atoms. The van der Waals surface area contributed by atoms with E-state index in [-0.39, 0.29) is 0 Å². The molecule has 92 valence electrons. The van der Waals surface area contributed by atoms with Crippen LogP contribution >= 0.6 is 39.1 Å². The Hall–Kier alpha value is 0.620. The maximum atomic E-state index is 12.3. The maximum Gasteiger partial charge on any atom is 0.523 e. The van der Waals surface area contributed by atoms with Gasteiger partial charge in [0.1, 0.15) is 0 Å². The topological polar surface area (TPSA) is 43.4 Å². The summed E-state index contributed by atoms with van der Waals surface area (Å²) in [5.41, 5.74) is -5.90. The lowest BCUT2D eigenvalue weighted by Gasteiger charge is -2.24. The van der Waals surface area contributed by atoms with Crippen molar-refractivity contribution < 1.29 is 34.6 Å². The molecule has 0 saturated carbocycles. The SMILES string of the molecule is O=S(=O)(OC(Cl)(Cl)C(F)(F)Br)C(F)(F)F. The van der Waals surface area contributed by atoms with Crippen LogP contribution in [0.3, 0.4) is 0 Å². The van der Waals surface area contributed by atoms with E-state index in [9.17, 15) is 30.4 Å². The summed E-state index contributed by atoms with van der Waals surface area (Å²) in [7, 11) is -6.31. The third kappa shape index (κ3) is 3.84. The Kier molecular flexibility index (Phi) is 4.30. The predicted octanol–water partition coefficient (Wildman–Crippen LogP) is 2.97. The highest BCUT2D eigenvalue weighted by Crippen LogP contribution is 2.46. The van der Waals surface area contributed by atoms with Crippen molar-refractivity contribution in [1.29, 1.82) is 0 Å². The van der Waals surface area contributed by atoms with Crippen molar-refractivity contribution in [2.45, 2.75) is 14.9 Å². The minimum Gasteiger partial charge on any atom is -0.216 e. The first kappa shape index (κ1) is 15.6. The molecule has 0 aromatic heterocycles. The third-order valence-corrected chi connectivity index (χ3v) is 3.69. The molecule has 0 aromatic carbocycles. The van der Waals surface area contributed by atoms with Crippen molar-refractivity contribution in [3.05, 3.63) is 0 Å². The molecule has 0 aromatic rings. The Morgan fingerprint density at radius 1 is 1.07 bits per heavy atom. The fourth-order valence-electron chi connectivity index (χ4n) is 0.232. The van der Waals surface area contributed by atoms with Crippen LogP contribution in [0.2, 0.25) is 0 Å². The van der Waals surface area contributed by atoms with E-state index in [1.807, 2.05) is 0 Å². The molecule has 0 unspecified atom stereocenters. The number of halogens is 8. The molecular formula is C3BrCl2F5O3S. The lowest BCUT2D eigenvalue weighted by molar-refractivity contribution is -0.0659. The van der Waals surface area contributed by atoms with E-state index >= 15 is 0 Å². The normalized spacial score (nSPS) is 15.5. The van der Waals surface area contributed by atoms with E-state index in [4.69, 9.17) is 0 Å². The van der Waals surface area contributed by atoms with Crippen LogP contribution < -0.4 is 0 Å². The van der Waals surface area contributed by atoms with Gasteiger partial charge in [-0.2, -0.15) is 30.4 Å². The van der Waals surface area contributed by atoms with Gasteiger partial charge >= 0.3 is 25.0 Å². The first-order valence-electron chi connectivity index (χ1n) is 2.67. The molecule has 0 heterocycles. The van der Waals surface area contributed by atoms with Gasteiger partial charge in [0, 0.05) is 0 Å². The third-order valence-electron chi connectivity index (χ3n) is 0.828. The number of hydrogen-bond acceptors (Lipinski definition) is 3. The van der Waals surface area contributed by atoms with E-state index < -0.39 is 25.0 Å². The molecule has 0 spiro atoms. The van der Waals surface area contributed by atoms with Crippen LogP contribution in [0.1, 0.15) is 0 Å². The molecule has 3 nitrogen and oxygen atoms in total. The molecule has 0 aliphatic rings. The minimum absolute atomic E-state index is 1.47. The van der Waals surface area contributed by atoms with Gasteiger partial charge in [0.25, 0.3) is 0 Å². The maximum absolute atomic E-state index is 12.3. The Morgan fingerprint density at radius 3 is 1.60 bits per heavy atom. The Morgan fingerprint density at radius 2 is 1.40 bits per heavy atom. The lowest BCUT2D eigenvalue weighted by Crippen LogP contribution is -2.41. The molecular weight excluding hydrogens is 362 g/mol. The van der Waals surface area contributed by atoms with Crippen LogP contribution in [0.15, 0.2) is 0 Å². The van der Waals surface area contributed by atoms with Gasteiger partial charge in [-0.1, -0.05) is 23.2 Å². The second-order valence-electron chi connectivity index (χ2n) is 2.00. The number of alkyl halides is 8. The highest BCUT2D eigenvalue weighted by Gasteiger charge is 2.59. The van der Waals surface area contributed by atoms with Crippen LogP contribution in [0.5, 0.6) is 0 Å². The Bertz CT molecular complexity index is 332. The lowest BCUT2D eigenvalue weighted by atomic mass is 10.7. The molecule has 0 aliphatic carbocycles. The van der Waals surface area contributed by atoms with Gasteiger partial charge in [-0.05, 0) is 15.9 Å². The Balaban J connectivity index is 5.08. The first-order valence-corrected chi connectivity index (χ1v) is 5.63. The van der Waals surface area contributed by atoms with Crippen molar-refractivity contribution in [1.82, 2.24) is 0 Å². The van der Waals surface area contributed by atoms with Crippen molar-refractivity contribution in [2.75, 3.05) is 0 Å². The second-order valence-corrected chi connectivity index (χ2v) is 5.79. The van der Waals surface area contributed by atoms with E-state index in [0.717, 1.165) is 0 Å². The average molecular weight is 362 g/mol. The molecule has 0 N–H and O–H groups in total. The van der Waals surface area contributed by atoms with E-state index in [0.29, 0.717) is 0 Å². The minimum atomic E-state index is -6.31. The summed E-state index contributed by atoms with van der Waals surface area (Å²) >= 11 is 10.6. The van der Waals surface area contributed by atoms with Crippen LogP contribution in [0.4, 0.5) is 22.0 Å². The van der Waals surface area contributed by atoms with E-state index in [1.165, 1.54) is 15.9 Å².